The third-order valence-electron chi connectivity index (χ3n) is 2.98. The van der Waals surface area contributed by atoms with E-state index in [0.717, 1.165) is 19.3 Å². The molecule has 0 saturated carbocycles. The van der Waals surface area contributed by atoms with Crippen molar-refractivity contribution >= 4 is 17.6 Å². The lowest BCUT2D eigenvalue weighted by Gasteiger charge is -2.09. The van der Waals surface area contributed by atoms with Crippen molar-refractivity contribution in [2.45, 2.75) is 38.7 Å². The van der Waals surface area contributed by atoms with E-state index in [1.165, 1.54) is 0 Å². The molecule has 0 spiro atoms. The van der Waals surface area contributed by atoms with Crippen LogP contribution in [-0.4, -0.2) is 34.8 Å². The molecule has 0 radical (unpaired) electrons. The number of hydrogen-bond acceptors (Lipinski definition) is 5. The van der Waals surface area contributed by atoms with Gasteiger partial charge in [0.25, 0.3) is 5.91 Å². The number of unbranched alkanes of at least 4 members (excludes halogenated alkanes) is 1. The van der Waals surface area contributed by atoms with Crippen molar-refractivity contribution in [1.29, 1.82) is 0 Å². The van der Waals surface area contributed by atoms with Gasteiger partial charge in [-0.25, -0.2) is 0 Å². The van der Waals surface area contributed by atoms with E-state index in [-0.39, 0.29) is 5.97 Å². The highest BCUT2D eigenvalue weighted by Gasteiger charge is 2.13. The van der Waals surface area contributed by atoms with E-state index in [0.29, 0.717) is 17.9 Å². The smallest absolute Gasteiger partial charge is 0.311 e. The molecule has 6 heteroatoms. The van der Waals surface area contributed by atoms with Crippen molar-refractivity contribution in [2.75, 3.05) is 11.9 Å². The summed E-state index contributed by atoms with van der Waals surface area (Å²) < 4.78 is 5.18. The van der Waals surface area contributed by atoms with E-state index in [1.54, 1.807) is 24.3 Å². The zero-order valence-electron chi connectivity index (χ0n) is 13.2. The molecule has 0 saturated heterocycles. The van der Waals surface area contributed by atoms with Gasteiger partial charge in [0, 0.05) is 12.1 Å². The van der Waals surface area contributed by atoms with Gasteiger partial charge in [0.2, 0.25) is 0 Å². The van der Waals surface area contributed by atoms with Gasteiger partial charge >= 0.3 is 5.97 Å². The van der Waals surface area contributed by atoms with Crippen molar-refractivity contribution in [1.82, 2.24) is 0 Å². The first-order valence-corrected chi connectivity index (χ1v) is 7.62. The molecule has 0 heterocycles. The van der Waals surface area contributed by atoms with Crippen LogP contribution in [-0.2, 0) is 9.59 Å². The van der Waals surface area contributed by atoms with E-state index in [9.17, 15) is 9.59 Å². The fourth-order valence-electron chi connectivity index (χ4n) is 1.75. The van der Waals surface area contributed by atoms with Crippen LogP contribution in [0.25, 0.3) is 0 Å². The largest absolute Gasteiger partial charge is 0.427 e. The number of amides is 1. The van der Waals surface area contributed by atoms with Crippen LogP contribution in [0.4, 0.5) is 5.69 Å². The first kappa shape index (κ1) is 18.9. The standard InChI is InChI=1S/C17H23NO5/c1-2-3-4-5-6-7-16(21)23-14-10-8-13(9-11-14)18-17(22)15(20)12-19/h3-4,8-11,15,19-20H,2,5-7,12H2,1H3,(H,18,22). The molecule has 1 atom stereocenters. The SMILES string of the molecule is CCC=CCCCC(=O)Oc1ccc(NC(=O)C(O)CO)cc1. The molecule has 0 aliphatic heterocycles. The molecule has 1 unspecified atom stereocenters. The highest BCUT2D eigenvalue weighted by atomic mass is 16.5. The zero-order valence-corrected chi connectivity index (χ0v) is 13.2. The summed E-state index contributed by atoms with van der Waals surface area (Å²) in [5, 5.41) is 20.3. The van der Waals surface area contributed by atoms with Gasteiger partial charge in [-0.2, -0.15) is 0 Å². The Labute approximate surface area is 135 Å². The molecule has 0 aliphatic carbocycles. The van der Waals surface area contributed by atoms with Gasteiger partial charge in [-0.1, -0.05) is 19.1 Å². The van der Waals surface area contributed by atoms with E-state index < -0.39 is 18.6 Å². The Morgan fingerprint density at radius 2 is 1.96 bits per heavy atom. The van der Waals surface area contributed by atoms with Crippen LogP contribution in [0.1, 0.15) is 32.6 Å². The van der Waals surface area contributed by atoms with Crippen LogP contribution in [0.5, 0.6) is 5.75 Å². The van der Waals surface area contributed by atoms with Gasteiger partial charge in [-0.15, -0.1) is 0 Å². The summed E-state index contributed by atoms with van der Waals surface area (Å²) in [5.41, 5.74) is 0.437. The van der Waals surface area contributed by atoms with Crippen LogP contribution in [0, 0.1) is 0 Å². The molecule has 1 aromatic rings. The Hall–Kier alpha value is -2.18. The first-order chi connectivity index (χ1) is 11.1. The molecular weight excluding hydrogens is 298 g/mol. The lowest BCUT2D eigenvalue weighted by atomic mass is 10.2. The molecule has 3 N–H and O–H groups in total. The Balaban J connectivity index is 2.40. The van der Waals surface area contributed by atoms with E-state index >= 15 is 0 Å². The monoisotopic (exact) mass is 321 g/mol. The van der Waals surface area contributed by atoms with Crippen molar-refractivity contribution in [3.63, 3.8) is 0 Å². The Morgan fingerprint density at radius 3 is 2.57 bits per heavy atom. The summed E-state index contributed by atoms with van der Waals surface area (Å²) in [6, 6.07) is 6.20. The van der Waals surface area contributed by atoms with Crippen LogP contribution in [0.15, 0.2) is 36.4 Å². The lowest BCUT2D eigenvalue weighted by Crippen LogP contribution is -2.30. The second kappa shape index (κ2) is 10.5. The number of rotatable bonds is 9. The second-order valence-electron chi connectivity index (χ2n) is 4.96. The van der Waals surface area contributed by atoms with Gasteiger partial charge in [-0.3, -0.25) is 9.59 Å². The number of carbonyl (C=O) groups is 2. The summed E-state index contributed by atoms with van der Waals surface area (Å²) in [5.74, 6) is -0.612. The van der Waals surface area contributed by atoms with E-state index in [2.05, 4.69) is 18.3 Å². The average Bonchev–Trinajstić information content (AvgIpc) is 2.55. The number of anilines is 1. The van der Waals surface area contributed by atoms with Gasteiger partial charge < -0.3 is 20.3 Å². The van der Waals surface area contributed by atoms with Crippen LogP contribution in [0.2, 0.25) is 0 Å². The number of aliphatic hydroxyl groups excluding tert-OH is 2. The summed E-state index contributed by atoms with van der Waals surface area (Å²) in [6.45, 7) is 1.41. The molecule has 0 bridgehead atoms. The highest BCUT2D eigenvalue weighted by Crippen LogP contribution is 2.16. The number of benzene rings is 1. The number of carbonyl (C=O) groups excluding carboxylic acids is 2. The Kier molecular flexibility index (Phi) is 8.64. The molecule has 0 aliphatic rings. The fraction of sp³-hybridized carbons (Fsp3) is 0.412. The summed E-state index contributed by atoms with van der Waals surface area (Å²) in [7, 11) is 0. The molecular formula is C17H23NO5. The molecule has 126 valence electrons. The van der Waals surface area contributed by atoms with Gasteiger partial charge in [0.1, 0.15) is 5.75 Å². The maximum Gasteiger partial charge on any atom is 0.311 e. The molecule has 6 nitrogen and oxygen atoms in total. The molecule has 0 fully saturated rings. The van der Waals surface area contributed by atoms with Crippen molar-refractivity contribution in [3.8, 4) is 5.75 Å². The maximum absolute atomic E-state index is 11.7. The topological polar surface area (TPSA) is 95.9 Å². The maximum atomic E-state index is 11.7. The lowest BCUT2D eigenvalue weighted by molar-refractivity contribution is -0.134. The minimum absolute atomic E-state index is 0.303. The fourth-order valence-corrected chi connectivity index (χ4v) is 1.75. The number of nitrogens with one attached hydrogen (secondary N) is 1. The number of allylic oxidation sites excluding steroid dienone is 2. The summed E-state index contributed by atoms with van der Waals surface area (Å²) >= 11 is 0. The van der Waals surface area contributed by atoms with Crippen LogP contribution in [0.3, 0.4) is 0 Å². The third kappa shape index (κ3) is 7.58. The summed E-state index contributed by atoms with van der Waals surface area (Å²) in [4.78, 5) is 23.0. The third-order valence-corrected chi connectivity index (χ3v) is 2.98. The molecule has 1 aromatic carbocycles. The second-order valence-corrected chi connectivity index (χ2v) is 4.96. The van der Waals surface area contributed by atoms with Gasteiger partial charge in [0.15, 0.2) is 6.10 Å². The molecule has 1 amide bonds. The minimum atomic E-state index is -1.46. The number of aliphatic hydroxyl groups is 2. The van der Waals surface area contributed by atoms with Crippen molar-refractivity contribution in [2.24, 2.45) is 0 Å². The zero-order chi connectivity index (χ0) is 17.1. The van der Waals surface area contributed by atoms with Gasteiger partial charge in [0.05, 0.1) is 6.61 Å². The number of esters is 1. The van der Waals surface area contributed by atoms with Crippen molar-refractivity contribution < 1.29 is 24.5 Å². The van der Waals surface area contributed by atoms with Crippen LogP contribution >= 0.6 is 0 Å². The molecule has 23 heavy (non-hydrogen) atoms. The highest BCUT2D eigenvalue weighted by molar-refractivity contribution is 5.94. The average molecular weight is 321 g/mol. The number of hydrogen-bond donors (Lipinski definition) is 3. The van der Waals surface area contributed by atoms with Gasteiger partial charge in [-0.05, 0) is 43.5 Å². The predicted octanol–water partition coefficient (Wildman–Crippen LogP) is 2.02. The van der Waals surface area contributed by atoms with E-state index in [1.807, 2.05) is 6.08 Å². The quantitative estimate of drug-likeness (QED) is 0.280. The molecule has 0 aromatic heterocycles. The van der Waals surface area contributed by atoms with Crippen molar-refractivity contribution in [3.05, 3.63) is 36.4 Å². The predicted molar refractivity (Wildman–Crippen MR) is 87.1 cm³/mol. The molecule has 1 rings (SSSR count). The number of ether oxygens (including phenoxy) is 1. The normalized spacial score (nSPS) is 12.1. The Morgan fingerprint density at radius 1 is 1.26 bits per heavy atom. The minimum Gasteiger partial charge on any atom is -0.427 e. The Bertz CT molecular complexity index is 524. The first-order valence-electron chi connectivity index (χ1n) is 7.62. The van der Waals surface area contributed by atoms with Crippen LogP contribution < -0.4 is 10.1 Å². The van der Waals surface area contributed by atoms with E-state index in [4.69, 9.17) is 14.9 Å². The summed E-state index contributed by atoms with van der Waals surface area (Å²) in [6.07, 6.45) is 5.56.